The van der Waals surface area contributed by atoms with Crippen LogP contribution in [-0.2, 0) is 4.79 Å². The summed E-state index contributed by atoms with van der Waals surface area (Å²) in [6, 6.07) is 10.4. The van der Waals surface area contributed by atoms with Crippen molar-refractivity contribution in [2.24, 2.45) is 0 Å². The summed E-state index contributed by atoms with van der Waals surface area (Å²) in [7, 11) is 1.46. The molecule has 2 rings (SSSR count). The van der Waals surface area contributed by atoms with Crippen LogP contribution in [0.3, 0.4) is 0 Å². The van der Waals surface area contributed by atoms with Gasteiger partial charge in [-0.3, -0.25) is 0 Å². The number of phenolic OH excluding ortho intramolecular Hbond substituents is 1. The summed E-state index contributed by atoms with van der Waals surface area (Å²) in [4.78, 5) is 11.6. The Balaban J connectivity index is 2.52. The Morgan fingerprint density at radius 2 is 1.86 bits per heavy atom. The van der Waals surface area contributed by atoms with E-state index >= 15 is 0 Å². The number of ether oxygens (including phenoxy) is 1. The van der Waals surface area contributed by atoms with Gasteiger partial charge in [-0.25, -0.2) is 4.79 Å². The second-order valence-corrected chi connectivity index (χ2v) is 5.11. The van der Waals surface area contributed by atoms with Crippen LogP contribution in [-0.4, -0.2) is 23.3 Å². The quantitative estimate of drug-likeness (QED) is 0.668. The highest BCUT2D eigenvalue weighted by atomic mass is 16.5. The lowest BCUT2D eigenvalue weighted by atomic mass is 9.97. The molecule has 2 N–H and O–H groups in total. The number of methoxy groups -OCH3 is 1. The van der Waals surface area contributed by atoms with Crippen LogP contribution in [0, 0.1) is 13.8 Å². The Morgan fingerprint density at radius 3 is 2.41 bits per heavy atom. The molecule has 0 atom stereocenters. The zero-order chi connectivity index (χ0) is 16.3. The first kappa shape index (κ1) is 15.6. The first-order valence-corrected chi connectivity index (χ1v) is 6.82. The van der Waals surface area contributed by atoms with Gasteiger partial charge in [0.2, 0.25) is 0 Å². The number of carbonyl (C=O) groups is 1. The van der Waals surface area contributed by atoms with E-state index in [4.69, 9.17) is 4.74 Å². The Hall–Kier alpha value is -2.75. The highest BCUT2D eigenvalue weighted by Crippen LogP contribution is 2.29. The van der Waals surface area contributed by atoms with Crippen molar-refractivity contribution in [3.8, 4) is 11.5 Å². The van der Waals surface area contributed by atoms with E-state index < -0.39 is 5.97 Å². The Kier molecular flexibility index (Phi) is 4.51. The number of hydrogen-bond acceptors (Lipinski definition) is 3. The molecule has 0 aliphatic rings. The van der Waals surface area contributed by atoms with E-state index in [2.05, 4.69) is 0 Å². The zero-order valence-electron chi connectivity index (χ0n) is 12.8. The molecule has 0 saturated heterocycles. The topological polar surface area (TPSA) is 66.8 Å². The molecule has 0 aromatic heterocycles. The number of hydrogen-bond donors (Lipinski definition) is 2. The van der Waals surface area contributed by atoms with Crippen LogP contribution in [0.25, 0.3) is 11.6 Å². The van der Waals surface area contributed by atoms with E-state index in [-0.39, 0.29) is 11.3 Å². The highest BCUT2D eigenvalue weighted by molar-refractivity contribution is 6.21. The fourth-order valence-corrected chi connectivity index (χ4v) is 2.33. The van der Waals surface area contributed by atoms with Crippen LogP contribution in [0.2, 0.25) is 0 Å². The van der Waals surface area contributed by atoms with E-state index in [1.807, 2.05) is 26.0 Å². The molecule has 2 aromatic rings. The van der Waals surface area contributed by atoms with Gasteiger partial charge in [-0.05, 0) is 48.7 Å². The van der Waals surface area contributed by atoms with Crippen LogP contribution in [0.15, 0.2) is 36.4 Å². The van der Waals surface area contributed by atoms with Crippen molar-refractivity contribution in [3.05, 3.63) is 58.7 Å². The number of benzene rings is 2. The number of aryl methyl sites for hydroxylation is 2. The first-order valence-electron chi connectivity index (χ1n) is 6.82. The molecule has 0 spiro atoms. The zero-order valence-corrected chi connectivity index (χ0v) is 12.8. The lowest BCUT2D eigenvalue weighted by Crippen LogP contribution is -2.02. The predicted octanol–water partition coefficient (Wildman–Crippen LogP) is 3.64. The van der Waals surface area contributed by atoms with Crippen LogP contribution in [0.4, 0.5) is 0 Å². The second-order valence-electron chi connectivity index (χ2n) is 5.11. The van der Waals surface area contributed by atoms with Gasteiger partial charge in [-0.1, -0.05) is 29.8 Å². The van der Waals surface area contributed by atoms with Crippen molar-refractivity contribution in [1.82, 2.24) is 0 Å². The van der Waals surface area contributed by atoms with Crippen LogP contribution in [0.1, 0.15) is 22.3 Å². The lowest BCUT2D eigenvalue weighted by molar-refractivity contribution is -0.130. The van der Waals surface area contributed by atoms with Crippen molar-refractivity contribution in [3.63, 3.8) is 0 Å². The number of aliphatic carboxylic acids is 1. The third kappa shape index (κ3) is 3.28. The summed E-state index contributed by atoms with van der Waals surface area (Å²) < 4.78 is 4.98. The van der Waals surface area contributed by atoms with Gasteiger partial charge in [0.05, 0.1) is 12.7 Å². The van der Waals surface area contributed by atoms with Crippen molar-refractivity contribution in [2.45, 2.75) is 13.8 Å². The molecule has 0 unspecified atom stereocenters. The first-order chi connectivity index (χ1) is 10.4. The number of carboxylic acid groups (broad SMARTS) is 1. The van der Waals surface area contributed by atoms with Crippen molar-refractivity contribution in [2.75, 3.05) is 7.11 Å². The molecule has 0 amide bonds. The van der Waals surface area contributed by atoms with E-state index in [1.54, 1.807) is 24.3 Å². The van der Waals surface area contributed by atoms with Gasteiger partial charge in [-0.15, -0.1) is 0 Å². The highest BCUT2D eigenvalue weighted by Gasteiger charge is 2.13. The van der Waals surface area contributed by atoms with E-state index in [0.717, 1.165) is 11.1 Å². The van der Waals surface area contributed by atoms with Gasteiger partial charge in [0.25, 0.3) is 0 Å². The van der Waals surface area contributed by atoms with Gasteiger partial charge in [0, 0.05) is 0 Å². The Bertz CT molecular complexity index is 745. The third-order valence-electron chi connectivity index (χ3n) is 3.42. The predicted molar refractivity (Wildman–Crippen MR) is 86.1 cm³/mol. The molecular formula is C18H18O4. The lowest BCUT2D eigenvalue weighted by Gasteiger charge is -2.09. The normalized spacial score (nSPS) is 11.3. The van der Waals surface area contributed by atoms with Gasteiger partial charge in [0.15, 0.2) is 11.5 Å². The molecule has 0 saturated carbocycles. The summed E-state index contributed by atoms with van der Waals surface area (Å²) in [5.41, 5.74) is 3.41. The third-order valence-corrected chi connectivity index (χ3v) is 3.42. The molecule has 2 aromatic carbocycles. The maximum Gasteiger partial charge on any atom is 0.336 e. The van der Waals surface area contributed by atoms with Crippen molar-refractivity contribution >= 4 is 17.6 Å². The summed E-state index contributed by atoms with van der Waals surface area (Å²) in [5, 5.41) is 19.3. The van der Waals surface area contributed by atoms with E-state index in [9.17, 15) is 15.0 Å². The standard InChI is InChI=1S/C18H18O4/c1-11-4-6-14(12(2)8-11)15(18(20)21)9-13-5-7-17(22-3)16(19)10-13/h4-10,19H,1-3H3,(H,20,21)/b15-9-. The summed E-state index contributed by atoms with van der Waals surface area (Å²) in [6.07, 6.45) is 1.54. The molecule has 114 valence electrons. The Morgan fingerprint density at radius 1 is 1.14 bits per heavy atom. The monoisotopic (exact) mass is 298 g/mol. The van der Waals surface area contributed by atoms with Crippen LogP contribution >= 0.6 is 0 Å². The number of rotatable bonds is 4. The van der Waals surface area contributed by atoms with Gasteiger partial charge in [0.1, 0.15) is 0 Å². The average Bonchev–Trinajstić information content (AvgIpc) is 2.45. The van der Waals surface area contributed by atoms with Crippen molar-refractivity contribution in [1.29, 1.82) is 0 Å². The smallest absolute Gasteiger partial charge is 0.336 e. The minimum Gasteiger partial charge on any atom is -0.504 e. The molecule has 0 heterocycles. The second kappa shape index (κ2) is 6.35. The van der Waals surface area contributed by atoms with Crippen LogP contribution < -0.4 is 4.74 Å². The van der Waals surface area contributed by atoms with Gasteiger partial charge >= 0.3 is 5.97 Å². The number of aromatic hydroxyl groups is 1. The molecule has 0 fully saturated rings. The minimum absolute atomic E-state index is 0.0263. The molecule has 0 radical (unpaired) electrons. The Labute approximate surface area is 129 Å². The maximum absolute atomic E-state index is 11.6. The van der Waals surface area contributed by atoms with Crippen LogP contribution in [0.5, 0.6) is 11.5 Å². The minimum atomic E-state index is -1.01. The molecule has 0 aliphatic carbocycles. The molecule has 4 nitrogen and oxygen atoms in total. The molecule has 0 aliphatic heterocycles. The summed E-state index contributed by atoms with van der Waals surface area (Å²) in [5.74, 6) is -0.690. The average molecular weight is 298 g/mol. The van der Waals surface area contributed by atoms with Gasteiger partial charge < -0.3 is 14.9 Å². The SMILES string of the molecule is COc1ccc(/C=C(\C(=O)O)c2ccc(C)cc2C)cc1O. The molecule has 0 bridgehead atoms. The largest absolute Gasteiger partial charge is 0.504 e. The number of carboxylic acids is 1. The molecule has 4 heteroatoms. The summed E-state index contributed by atoms with van der Waals surface area (Å²) >= 11 is 0. The number of phenols is 1. The van der Waals surface area contributed by atoms with Gasteiger partial charge in [-0.2, -0.15) is 0 Å². The summed E-state index contributed by atoms with van der Waals surface area (Å²) in [6.45, 7) is 3.84. The van der Waals surface area contributed by atoms with E-state index in [1.165, 1.54) is 13.2 Å². The fraction of sp³-hybridized carbons (Fsp3) is 0.167. The molecular weight excluding hydrogens is 280 g/mol. The fourth-order valence-electron chi connectivity index (χ4n) is 2.33. The maximum atomic E-state index is 11.6. The molecule has 22 heavy (non-hydrogen) atoms. The van der Waals surface area contributed by atoms with E-state index in [0.29, 0.717) is 16.9 Å². The van der Waals surface area contributed by atoms with Crippen molar-refractivity contribution < 1.29 is 19.7 Å².